The number of carbonyl (C=O) groups excluding carboxylic acids is 1. The van der Waals surface area contributed by atoms with Crippen molar-refractivity contribution in [2.75, 3.05) is 0 Å². The van der Waals surface area contributed by atoms with Crippen molar-refractivity contribution >= 4 is 15.9 Å². The Morgan fingerprint density at radius 1 is 1.36 bits per heavy atom. The fraction of sp³-hybridized carbons (Fsp3) is 0.125. The largest absolute Gasteiger partial charge is 0.366 e. The number of primary amides is 1. The maximum atomic E-state index is 11.0. The molecule has 1 aromatic rings. The minimum Gasteiger partial charge on any atom is -0.366 e. The van der Waals surface area contributed by atoms with Crippen LogP contribution in [-0.4, -0.2) is 14.3 Å². The Morgan fingerprint density at radius 2 is 1.93 bits per heavy atom. The van der Waals surface area contributed by atoms with E-state index < -0.39 is 15.9 Å². The third-order valence-corrected chi connectivity index (χ3v) is 2.84. The van der Waals surface area contributed by atoms with E-state index in [0.29, 0.717) is 5.56 Å². The van der Waals surface area contributed by atoms with Gasteiger partial charge in [0.15, 0.2) is 0 Å². The van der Waals surface area contributed by atoms with Gasteiger partial charge >= 0.3 is 0 Å². The van der Waals surface area contributed by atoms with Crippen molar-refractivity contribution in [3.63, 3.8) is 0 Å². The van der Waals surface area contributed by atoms with E-state index in [1.807, 2.05) is 0 Å². The number of aryl methyl sites for hydroxylation is 1. The Morgan fingerprint density at radius 3 is 2.29 bits per heavy atom. The zero-order valence-corrected chi connectivity index (χ0v) is 8.34. The van der Waals surface area contributed by atoms with Crippen molar-refractivity contribution in [2.24, 2.45) is 10.9 Å². The first-order chi connectivity index (χ1) is 6.32. The Balaban J connectivity index is 3.35. The van der Waals surface area contributed by atoms with Gasteiger partial charge in [0.2, 0.25) is 15.9 Å². The number of hydrogen-bond acceptors (Lipinski definition) is 3. The molecule has 0 saturated heterocycles. The molecule has 0 aromatic heterocycles. The Kier molecular flexibility index (Phi) is 2.59. The highest BCUT2D eigenvalue weighted by atomic mass is 32.2. The first-order valence-corrected chi connectivity index (χ1v) is 5.30. The lowest BCUT2D eigenvalue weighted by atomic mass is 10.1. The summed E-state index contributed by atoms with van der Waals surface area (Å²) >= 11 is 0. The van der Waals surface area contributed by atoms with E-state index in [-0.39, 0.29) is 10.5 Å². The van der Waals surface area contributed by atoms with E-state index in [4.69, 9.17) is 10.9 Å². The van der Waals surface area contributed by atoms with Crippen LogP contribution in [0.15, 0.2) is 23.1 Å². The lowest BCUT2D eigenvalue weighted by molar-refractivity contribution is 0.1000. The number of amides is 1. The molecule has 0 heterocycles. The lowest BCUT2D eigenvalue weighted by Gasteiger charge is -2.03. The molecule has 0 aliphatic carbocycles. The van der Waals surface area contributed by atoms with Gasteiger partial charge in [-0.15, -0.1) is 0 Å². The zero-order valence-electron chi connectivity index (χ0n) is 7.52. The van der Waals surface area contributed by atoms with Crippen molar-refractivity contribution in [3.8, 4) is 0 Å². The van der Waals surface area contributed by atoms with E-state index in [1.54, 1.807) is 6.92 Å². The molecule has 5 nitrogen and oxygen atoms in total. The molecule has 0 bridgehead atoms. The Bertz CT molecular complexity index is 479. The number of primary sulfonamides is 1. The molecule has 1 amide bonds. The fourth-order valence-electron chi connectivity index (χ4n) is 1.12. The normalized spacial score (nSPS) is 11.3. The summed E-state index contributed by atoms with van der Waals surface area (Å²) < 4.78 is 22.0. The molecule has 0 fully saturated rings. The van der Waals surface area contributed by atoms with Gasteiger partial charge in [-0.2, -0.15) is 0 Å². The number of hydrogen-bond donors (Lipinski definition) is 2. The summed E-state index contributed by atoms with van der Waals surface area (Å²) in [7, 11) is -3.73. The van der Waals surface area contributed by atoms with E-state index in [9.17, 15) is 13.2 Å². The van der Waals surface area contributed by atoms with Crippen LogP contribution in [-0.2, 0) is 10.0 Å². The number of benzene rings is 1. The molecule has 0 unspecified atom stereocenters. The van der Waals surface area contributed by atoms with Crippen molar-refractivity contribution in [1.29, 1.82) is 0 Å². The standard InChI is InChI=1S/C8H10N2O3S/c1-5-4-6(8(9)11)2-3-7(5)14(10,12)13/h2-4H,1H3,(H2,9,11)(H2,10,12,13). The smallest absolute Gasteiger partial charge is 0.248 e. The second-order valence-electron chi connectivity index (χ2n) is 2.89. The van der Waals surface area contributed by atoms with E-state index in [2.05, 4.69) is 0 Å². The highest BCUT2D eigenvalue weighted by molar-refractivity contribution is 7.89. The summed E-state index contributed by atoms with van der Waals surface area (Å²) in [5, 5.41) is 4.94. The maximum Gasteiger partial charge on any atom is 0.248 e. The summed E-state index contributed by atoms with van der Waals surface area (Å²) in [6, 6.07) is 3.99. The van der Waals surface area contributed by atoms with Gasteiger partial charge in [-0.3, -0.25) is 4.79 Å². The first kappa shape index (κ1) is 10.7. The minimum atomic E-state index is -3.73. The molecule has 76 valence electrons. The Hall–Kier alpha value is -1.40. The van der Waals surface area contributed by atoms with Gasteiger partial charge in [0.1, 0.15) is 0 Å². The van der Waals surface area contributed by atoms with Crippen molar-refractivity contribution in [2.45, 2.75) is 11.8 Å². The number of rotatable bonds is 2. The van der Waals surface area contributed by atoms with Gasteiger partial charge in [-0.25, -0.2) is 13.6 Å². The van der Waals surface area contributed by atoms with E-state index in [0.717, 1.165) is 0 Å². The van der Waals surface area contributed by atoms with Gasteiger partial charge in [-0.05, 0) is 30.7 Å². The third-order valence-electron chi connectivity index (χ3n) is 1.77. The summed E-state index contributed by atoms with van der Waals surface area (Å²) in [4.78, 5) is 10.8. The number of nitrogens with two attached hydrogens (primary N) is 2. The van der Waals surface area contributed by atoms with Crippen LogP contribution in [0.3, 0.4) is 0 Å². The monoisotopic (exact) mass is 214 g/mol. The van der Waals surface area contributed by atoms with Crippen LogP contribution in [0.2, 0.25) is 0 Å². The Labute approximate surface area is 81.8 Å². The molecule has 14 heavy (non-hydrogen) atoms. The van der Waals surface area contributed by atoms with Gasteiger partial charge in [0.05, 0.1) is 4.90 Å². The molecule has 4 N–H and O–H groups in total. The van der Waals surface area contributed by atoms with Gasteiger partial charge in [0, 0.05) is 5.56 Å². The lowest BCUT2D eigenvalue weighted by Crippen LogP contribution is -2.16. The second kappa shape index (κ2) is 3.39. The van der Waals surface area contributed by atoms with Crippen LogP contribution in [0, 0.1) is 6.92 Å². The maximum absolute atomic E-state index is 11.0. The molecule has 0 radical (unpaired) electrons. The third kappa shape index (κ3) is 2.09. The van der Waals surface area contributed by atoms with Crippen LogP contribution >= 0.6 is 0 Å². The van der Waals surface area contributed by atoms with Crippen LogP contribution in [0.25, 0.3) is 0 Å². The molecule has 0 aliphatic rings. The number of sulfonamides is 1. The molecule has 0 spiro atoms. The molecule has 0 aliphatic heterocycles. The number of carbonyl (C=O) groups is 1. The van der Waals surface area contributed by atoms with Crippen molar-refractivity contribution in [1.82, 2.24) is 0 Å². The van der Waals surface area contributed by atoms with Gasteiger partial charge in [-0.1, -0.05) is 0 Å². The highest BCUT2D eigenvalue weighted by Gasteiger charge is 2.12. The molecular weight excluding hydrogens is 204 g/mol. The molecule has 0 atom stereocenters. The summed E-state index contributed by atoms with van der Waals surface area (Å²) in [5.74, 6) is -0.603. The van der Waals surface area contributed by atoms with Crippen molar-refractivity contribution in [3.05, 3.63) is 29.3 Å². The summed E-state index contributed by atoms with van der Waals surface area (Å²) in [6.45, 7) is 1.55. The van der Waals surface area contributed by atoms with E-state index in [1.165, 1.54) is 18.2 Å². The summed E-state index contributed by atoms with van der Waals surface area (Å²) in [5.41, 5.74) is 5.69. The van der Waals surface area contributed by atoms with Crippen LogP contribution in [0.5, 0.6) is 0 Å². The average Bonchev–Trinajstić information content (AvgIpc) is 2.01. The molecule has 1 rings (SSSR count). The second-order valence-corrected chi connectivity index (χ2v) is 4.42. The predicted octanol–water partition coefficient (Wildman–Crippen LogP) is -0.259. The molecule has 6 heteroatoms. The van der Waals surface area contributed by atoms with E-state index >= 15 is 0 Å². The predicted molar refractivity (Wildman–Crippen MR) is 51.1 cm³/mol. The van der Waals surface area contributed by atoms with Gasteiger partial charge in [0.25, 0.3) is 0 Å². The highest BCUT2D eigenvalue weighted by Crippen LogP contribution is 2.14. The average molecular weight is 214 g/mol. The van der Waals surface area contributed by atoms with Crippen LogP contribution in [0.4, 0.5) is 0 Å². The SMILES string of the molecule is Cc1cc(C(N)=O)ccc1S(N)(=O)=O. The van der Waals surface area contributed by atoms with Crippen LogP contribution < -0.4 is 10.9 Å². The molecule has 0 saturated carbocycles. The van der Waals surface area contributed by atoms with Crippen molar-refractivity contribution < 1.29 is 13.2 Å². The first-order valence-electron chi connectivity index (χ1n) is 3.75. The topological polar surface area (TPSA) is 103 Å². The minimum absolute atomic E-state index is 0.00231. The molecular formula is C8H10N2O3S. The summed E-state index contributed by atoms with van der Waals surface area (Å²) in [6.07, 6.45) is 0. The zero-order chi connectivity index (χ0) is 10.9. The fourth-order valence-corrected chi connectivity index (χ4v) is 1.89. The van der Waals surface area contributed by atoms with Gasteiger partial charge < -0.3 is 5.73 Å². The quantitative estimate of drug-likeness (QED) is 0.708. The van der Waals surface area contributed by atoms with Crippen LogP contribution in [0.1, 0.15) is 15.9 Å². The molecule has 1 aromatic carbocycles.